The van der Waals surface area contributed by atoms with E-state index in [0.717, 1.165) is 31.6 Å². The Morgan fingerprint density at radius 3 is 2.75 bits per heavy atom. The van der Waals surface area contributed by atoms with E-state index in [1.807, 2.05) is 18.2 Å². The van der Waals surface area contributed by atoms with E-state index in [4.69, 9.17) is 19.9 Å². The average molecular weight is 449 g/mol. The summed E-state index contributed by atoms with van der Waals surface area (Å²) in [4.78, 5) is 4.35. The van der Waals surface area contributed by atoms with Gasteiger partial charge in [0.05, 0.1) is 26.9 Å². The standard InChI is InChI=1S/C17H27N3O3.HI/c1-21-15-7-6-13(11-16(15)22-2)12-20-17(18)19-9-8-14-5-3-4-10-23-14;/h6-7,11,14H,3-5,8-10,12H2,1-2H3,(H3,18,19,20);1H. The molecule has 0 spiro atoms. The van der Waals surface area contributed by atoms with Crippen LogP contribution in [0.4, 0.5) is 0 Å². The maximum atomic E-state index is 5.91. The Hall–Kier alpha value is -1.22. The molecule has 0 amide bonds. The van der Waals surface area contributed by atoms with Crippen molar-refractivity contribution in [2.24, 2.45) is 10.7 Å². The molecule has 0 aliphatic carbocycles. The van der Waals surface area contributed by atoms with Crippen molar-refractivity contribution in [3.8, 4) is 11.5 Å². The molecule has 0 saturated carbocycles. The largest absolute Gasteiger partial charge is 0.493 e. The fraction of sp³-hybridized carbons (Fsp3) is 0.588. The van der Waals surface area contributed by atoms with Crippen LogP contribution in [0.3, 0.4) is 0 Å². The molecule has 0 aromatic heterocycles. The van der Waals surface area contributed by atoms with Crippen LogP contribution >= 0.6 is 24.0 Å². The molecule has 1 atom stereocenters. The van der Waals surface area contributed by atoms with Crippen molar-refractivity contribution in [1.82, 2.24) is 5.32 Å². The van der Waals surface area contributed by atoms with E-state index >= 15 is 0 Å². The predicted molar refractivity (Wildman–Crippen MR) is 106 cm³/mol. The Balaban J connectivity index is 0.00000288. The van der Waals surface area contributed by atoms with Gasteiger partial charge in [0.1, 0.15) is 0 Å². The molecular weight excluding hydrogens is 421 g/mol. The van der Waals surface area contributed by atoms with Crippen molar-refractivity contribution >= 4 is 29.9 Å². The van der Waals surface area contributed by atoms with Crippen molar-refractivity contribution in [3.63, 3.8) is 0 Å². The highest BCUT2D eigenvalue weighted by Crippen LogP contribution is 2.27. The number of nitrogens with zero attached hydrogens (tertiary/aromatic N) is 1. The number of aliphatic imine (C=N–C) groups is 1. The zero-order valence-corrected chi connectivity index (χ0v) is 16.7. The molecule has 0 radical (unpaired) electrons. The molecule has 1 saturated heterocycles. The Labute approximate surface area is 161 Å². The van der Waals surface area contributed by atoms with Gasteiger partial charge in [-0.05, 0) is 43.4 Å². The maximum absolute atomic E-state index is 5.91. The number of methoxy groups -OCH3 is 2. The fourth-order valence-corrected chi connectivity index (χ4v) is 2.61. The molecule has 7 heteroatoms. The minimum absolute atomic E-state index is 0. The number of nitrogens with one attached hydrogen (secondary N) is 1. The van der Waals surface area contributed by atoms with Gasteiger partial charge in [-0.3, -0.25) is 0 Å². The zero-order chi connectivity index (χ0) is 16.5. The molecule has 0 bridgehead atoms. The quantitative estimate of drug-likeness (QED) is 0.380. The molecule has 6 nitrogen and oxygen atoms in total. The SMILES string of the molecule is COc1ccc(CN=C(N)NCCC2CCCCO2)cc1OC.I. The molecule has 2 rings (SSSR count). The van der Waals surface area contributed by atoms with Crippen LogP contribution in [0.5, 0.6) is 11.5 Å². The Bertz CT molecular complexity index is 520. The molecule has 24 heavy (non-hydrogen) atoms. The molecular formula is C17H28IN3O3. The topological polar surface area (TPSA) is 78.1 Å². The second-order valence-electron chi connectivity index (χ2n) is 5.59. The normalized spacial score (nSPS) is 17.8. The summed E-state index contributed by atoms with van der Waals surface area (Å²) in [7, 11) is 3.24. The van der Waals surface area contributed by atoms with Gasteiger partial charge < -0.3 is 25.3 Å². The predicted octanol–water partition coefficient (Wildman–Crippen LogP) is 2.69. The van der Waals surface area contributed by atoms with Crippen molar-refractivity contribution < 1.29 is 14.2 Å². The fourth-order valence-electron chi connectivity index (χ4n) is 2.61. The zero-order valence-electron chi connectivity index (χ0n) is 14.4. The first-order chi connectivity index (χ1) is 11.2. The first-order valence-electron chi connectivity index (χ1n) is 8.09. The molecule has 1 aliphatic heterocycles. The molecule has 136 valence electrons. The van der Waals surface area contributed by atoms with Gasteiger partial charge in [0.15, 0.2) is 17.5 Å². The number of guanidine groups is 1. The molecule has 1 aliphatic rings. The molecule has 1 heterocycles. The average Bonchev–Trinajstić information content (AvgIpc) is 2.60. The maximum Gasteiger partial charge on any atom is 0.188 e. The minimum Gasteiger partial charge on any atom is -0.493 e. The van der Waals surface area contributed by atoms with Gasteiger partial charge in [0.2, 0.25) is 0 Å². The number of hydrogen-bond donors (Lipinski definition) is 2. The van der Waals surface area contributed by atoms with Gasteiger partial charge in [-0.25, -0.2) is 4.99 Å². The van der Waals surface area contributed by atoms with Gasteiger partial charge in [0, 0.05) is 13.2 Å². The highest BCUT2D eigenvalue weighted by Gasteiger charge is 2.13. The third kappa shape index (κ3) is 6.72. The van der Waals surface area contributed by atoms with Gasteiger partial charge in [-0.2, -0.15) is 0 Å². The summed E-state index contributed by atoms with van der Waals surface area (Å²) in [5.41, 5.74) is 6.92. The third-order valence-corrected chi connectivity index (χ3v) is 3.93. The van der Waals surface area contributed by atoms with Gasteiger partial charge in [-0.1, -0.05) is 6.07 Å². The van der Waals surface area contributed by atoms with Crippen molar-refractivity contribution in [1.29, 1.82) is 0 Å². The first kappa shape index (κ1) is 20.8. The van der Waals surface area contributed by atoms with E-state index < -0.39 is 0 Å². The number of nitrogens with two attached hydrogens (primary N) is 1. The number of hydrogen-bond acceptors (Lipinski definition) is 4. The molecule has 1 fully saturated rings. The van der Waals surface area contributed by atoms with Gasteiger partial charge in [0.25, 0.3) is 0 Å². The van der Waals surface area contributed by atoms with Crippen LogP contribution in [-0.4, -0.2) is 39.4 Å². The third-order valence-electron chi connectivity index (χ3n) is 3.93. The van der Waals surface area contributed by atoms with Gasteiger partial charge >= 0.3 is 0 Å². The number of ether oxygens (including phenoxy) is 3. The lowest BCUT2D eigenvalue weighted by molar-refractivity contribution is 0.0122. The Morgan fingerprint density at radius 1 is 1.29 bits per heavy atom. The van der Waals surface area contributed by atoms with Gasteiger partial charge in [-0.15, -0.1) is 24.0 Å². The summed E-state index contributed by atoms with van der Waals surface area (Å²) < 4.78 is 16.2. The summed E-state index contributed by atoms with van der Waals surface area (Å²) in [6, 6.07) is 5.73. The monoisotopic (exact) mass is 449 g/mol. The Morgan fingerprint density at radius 2 is 2.08 bits per heavy atom. The lowest BCUT2D eigenvalue weighted by Gasteiger charge is -2.22. The minimum atomic E-state index is 0. The second kappa shape index (κ2) is 11.4. The van der Waals surface area contributed by atoms with Crippen molar-refractivity contribution in [2.75, 3.05) is 27.4 Å². The van der Waals surface area contributed by atoms with E-state index in [1.54, 1.807) is 14.2 Å². The van der Waals surface area contributed by atoms with Crippen LogP contribution in [0.2, 0.25) is 0 Å². The highest BCUT2D eigenvalue weighted by atomic mass is 127. The van der Waals surface area contributed by atoms with E-state index in [9.17, 15) is 0 Å². The van der Waals surface area contributed by atoms with Crippen LogP contribution < -0.4 is 20.5 Å². The van der Waals surface area contributed by atoms with Crippen LogP contribution in [0.15, 0.2) is 23.2 Å². The van der Waals surface area contributed by atoms with Crippen molar-refractivity contribution in [2.45, 2.75) is 38.3 Å². The summed E-state index contributed by atoms with van der Waals surface area (Å²) in [5, 5.41) is 3.14. The lowest BCUT2D eigenvalue weighted by Crippen LogP contribution is -2.34. The van der Waals surface area contributed by atoms with Crippen LogP contribution in [0, 0.1) is 0 Å². The van der Waals surface area contributed by atoms with Crippen LogP contribution in [0.1, 0.15) is 31.2 Å². The van der Waals surface area contributed by atoms with E-state index in [0.29, 0.717) is 30.1 Å². The summed E-state index contributed by atoms with van der Waals surface area (Å²) >= 11 is 0. The highest BCUT2D eigenvalue weighted by molar-refractivity contribution is 14.0. The molecule has 1 unspecified atom stereocenters. The van der Waals surface area contributed by atoms with E-state index in [2.05, 4.69) is 10.3 Å². The summed E-state index contributed by atoms with van der Waals surface area (Å²) in [6.07, 6.45) is 4.90. The smallest absolute Gasteiger partial charge is 0.188 e. The number of halogens is 1. The van der Waals surface area contributed by atoms with Crippen molar-refractivity contribution in [3.05, 3.63) is 23.8 Å². The summed E-state index contributed by atoms with van der Waals surface area (Å²) in [5.74, 6) is 1.86. The first-order valence-corrected chi connectivity index (χ1v) is 8.09. The van der Waals surface area contributed by atoms with E-state index in [1.165, 1.54) is 12.8 Å². The molecule has 1 aromatic carbocycles. The second-order valence-corrected chi connectivity index (χ2v) is 5.59. The molecule has 1 aromatic rings. The Kier molecular flexibility index (Phi) is 9.85. The summed E-state index contributed by atoms with van der Waals surface area (Å²) in [6.45, 7) is 2.17. The van der Waals surface area contributed by atoms with Crippen LogP contribution in [-0.2, 0) is 11.3 Å². The lowest BCUT2D eigenvalue weighted by atomic mass is 10.1. The number of rotatable bonds is 7. The number of benzene rings is 1. The van der Waals surface area contributed by atoms with E-state index in [-0.39, 0.29) is 24.0 Å². The van der Waals surface area contributed by atoms with Crippen LogP contribution in [0.25, 0.3) is 0 Å². The molecule has 3 N–H and O–H groups in total.